The van der Waals surface area contributed by atoms with Gasteiger partial charge in [0.05, 0.1) is 6.61 Å². The van der Waals surface area contributed by atoms with Crippen LogP contribution in [0.5, 0.6) is 0 Å². The molecular formula is C15H15ClOS. The van der Waals surface area contributed by atoms with Crippen molar-refractivity contribution < 1.29 is 5.11 Å². The number of hydrogen-bond donors (Lipinski definition) is 1. The second-order valence-electron chi connectivity index (χ2n) is 4.18. The van der Waals surface area contributed by atoms with Gasteiger partial charge in [-0.1, -0.05) is 41.4 Å². The largest absolute Gasteiger partial charge is 0.392 e. The first-order valence-electron chi connectivity index (χ1n) is 5.76. The van der Waals surface area contributed by atoms with E-state index < -0.39 is 0 Å². The van der Waals surface area contributed by atoms with E-state index in [1.807, 2.05) is 37.3 Å². The Morgan fingerprint density at radius 2 is 1.83 bits per heavy atom. The summed E-state index contributed by atoms with van der Waals surface area (Å²) in [6.07, 6.45) is 0. The number of rotatable bonds is 4. The highest BCUT2D eigenvalue weighted by Gasteiger charge is 2.03. The highest BCUT2D eigenvalue weighted by Crippen LogP contribution is 2.27. The van der Waals surface area contributed by atoms with Crippen LogP contribution in [0, 0.1) is 6.92 Å². The molecule has 3 heteroatoms. The molecule has 0 amide bonds. The zero-order valence-corrected chi connectivity index (χ0v) is 11.8. The molecule has 0 unspecified atom stereocenters. The summed E-state index contributed by atoms with van der Waals surface area (Å²) in [6, 6.07) is 14.0. The van der Waals surface area contributed by atoms with E-state index in [-0.39, 0.29) is 6.61 Å². The normalized spacial score (nSPS) is 10.6. The zero-order chi connectivity index (χ0) is 13.0. The molecule has 2 aromatic rings. The van der Waals surface area contributed by atoms with Crippen LogP contribution in [0.4, 0.5) is 0 Å². The Bertz CT molecular complexity index is 523. The molecule has 0 spiro atoms. The van der Waals surface area contributed by atoms with Gasteiger partial charge in [-0.3, -0.25) is 0 Å². The smallest absolute Gasteiger partial charge is 0.0692 e. The average Bonchev–Trinajstić information content (AvgIpc) is 2.39. The Hall–Kier alpha value is -0.960. The topological polar surface area (TPSA) is 20.2 Å². The second-order valence-corrected chi connectivity index (χ2v) is 5.64. The van der Waals surface area contributed by atoms with Gasteiger partial charge in [0.15, 0.2) is 0 Å². The van der Waals surface area contributed by atoms with Gasteiger partial charge in [-0.2, -0.15) is 0 Å². The summed E-state index contributed by atoms with van der Waals surface area (Å²) in [5.41, 5.74) is 3.40. The van der Waals surface area contributed by atoms with Gasteiger partial charge in [-0.15, -0.1) is 11.8 Å². The summed E-state index contributed by atoms with van der Waals surface area (Å²) in [4.78, 5) is 1.14. The van der Waals surface area contributed by atoms with Crippen LogP contribution >= 0.6 is 23.4 Å². The van der Waals surface area contributed by atoms with Crippen LogP contribution in [0.2, 0.25) is 5.02 Å². The lowest BCUT2D eigenvalue weighted by molar-refractivity contribution is 0.279. The summed E-state index contributed by atoms with van der Waals surface area (Å²) in [5.74, 6) is 0.882. The van der Waals surface area contributed by atoms with E-state index in [0.29, 0.717) is 0 Å². The lowest BCUT2D eigenvalue weighted by Crippen LogP contribution is -1.89. The van der Waals surface area contributed by atoms with Crippen molar-refractivity contribution in [3.05, 3.63) is 64.2 Å². The fourth-order valence-electron chi connectivity index (χ4n) is 1.71. The third kappa shape index (κ3) is 3.52. The SMILES string of the molecule is Cc1ccc(SCc2ccc(Cl)cc2)c(CO)c1. The third-order valence-corrected chi connectivity index (χ3v) is 4.13. The van der Waals surface area contributed by atoms with Crippen molar-refractivity contribution in [2.75, 3.05) is 0 Å². The Morgan fingerprint density at radius 3 is 2.50 bits per heavy atom. The molecule has 0 atom stereocenters. The zero-order valence-electron chi connectivity index (χ0n) is 10.2. The fraction of sp³-hybridized carbons (Fsp3) is 0.200. The molecule has 2 aromatic carbocycles. The number of aliphatic hydroxyl groups excluding tert-OH is 1. The summed E-state index contributed by atoms with van der Waals surface area (Å²) < 4.78 is 0. The first kappa shape index (κ1) is 13.5. The predicted molar refractivity (Wildman–Crippen MR) is 78.1 cm³/mol. The molecule has 0 heterocycles. The van der Waals surface area contributed by atoms with Crippen molar-refractivity contribution in [2.24, 2.45) is 0 Å². The van der Waals surface area contributed by atoms with Gasteiger partial charge < -0.3 is 5.11 Å². The first-order chi connectivity index (χ1) is 8.69. The van der Waals surface area contributed by atoms with E-state index in [0.717, 1.165) is 21.2 Å². The molecule has 0 aliphatic carbocycles. The molecule has 0 radical (unpaired) electrons. The van der Waals surface area contributed by atoms with Gasteiger partial charge in [0.2, 0.25) is 0 Å². The van der Waals surface area contributed by atoms with Crippen LogP contribution in [0.25, 0.3) is 0 Å². The minimum Gasteiger partial charge on any atom is -0.392 e. The van der Waals surface area contributed by atoms with E-state index in [1.165, 1.54) is 11.1 Å². The quantitative estimate of drug-likeness (QED) is 0.835. The summed E-state index contributed by atoms with van der Waals surface area (Å²) in [7, 11) is 0. The maximum Gasteiger partial charge on any atom is 0.0692 e. The van der Waals surface area contributed by atoms with Crippen LogP contribution < -0.4 is 0 Å². The number of halogens is 1. The summed E-state index contributed by atoms with van der Waals surface area (Å²) in [5, 5.41) is 10.1. The van der Waals surface area contributed by atoms with E-state index >= 15 is 0 Å². The number of hydrogen-bond acceptors (Lipinski definition) is 2. The maximum atomic E-state index is 9.35. The van der Waals surface area contributed by atoms with Crippen molar-refractivity contribution in [2.45, 2.75) is 24.2 Å². The summed E-state index contributed by atoms with van der Waals surface area (Å²) in [6.45, 7) is 2.12. The van der Waals surface area contributed by atoms with Gasteiger partial charge in [0, 0.05) is 15.7 Å². The van der Waals surface area contributed by atoms with E-state index in [4.69, 9.17) is 11.6 Å². The Balaban J connectivity index is 2.08. The number of aryl methyl sites for hydroxylation is 1. The molecule has 2 rings (SSSR count). The second kappa shape index (κ2) is 6.28. The average molecular weight is 279 g/mol. The lowest BCUT2D eigenvalue weighted by atomic mass is 10.1. The van der Waals surface area contributed by atoms with Crippen LogP contribution in [0.15, 0.2) is 47.4 Å². The molecule has 0 fully saturated rings. The van der Waals surface area contributed by atoms with Crippen LogP contribution in [0.1, 0.15) is 16.7 Å². The molecule has 1 nitrogen and oxygen atoms in total. The molecule has 94 valence electrons. The monoisotopic (exact) mass is 278 g/mol. The highest BCUT2D eigenvalue weighted by molar-refractivity contribution is 7.98. The molecule has 0 bridgehead atoms. The lowest BCUT2D eigenvalue weighted by Gasteiger charge is -2.08. The van der Waals surface area contributed by atoms with Crippen molar-refractivity contribution in [1.82, 2.24) is 0 Å². The number of benzene rings is 2. The number of aliphatic hydroxyl groups is 1. The minimum atomic E-state index is 0.0879. The molecule has 1 N–H and O–H groups in total. The summed E-state index contributed by atoms with van der Waals surface area (Å²) >= 11 is 7.59. The van der Waals surface area contributed by atoms with Crippen molar-refractivity contribution in [3.63, 3.8) is 0 Å². The van der Waals surface area contributed by atoms with E-state index in [1.54, 1.807) is 11.8 Å². The standard InChI is InChI=1S/C15H15ClOS/c1-11-2-7-15(13(8-11)9-17)18-10-12-3-5-14(16)6-4-12/h2-8,17H,9-10H2,1H3. The van der Waals surface area contributed by atoms with Crippen LogP contribution in [-0.4, -0.2) is 5.11 Å². The van der Waals surface area contributed by atoms with Crippen molar-refractivity contribution in [1.29, 1.82) is 0 Å². The minimum absolute atomic E-state index is 0.0879. The van der Waals surface area contributed by atoms with E-state index in [2.05, 4.69) is 12.1 Å². The number of thioether (sulfide) groups is 1. The fourth-order valence-corrected chi connectivity index (χ4v) is 2.83. The predicted octanol–water partition coefficient (Wildman–Crippen LogP) is 4.43. The Kier molecular flexibility index (Phi) is 4.70. The Labute approximate surface area is 117 Å². The molecular weight excluding hydrogens is 264 g/mol. The van der Waals surface area contributed by atoms with Crippen LogP contribution in [0.3, 0.4) is 0 Å². The first-order valence-corrected chi connectivity index (χ1v) is 7.13. The van der Waals surface area contributed by atoms with Crippen LogP contribution in [-0.2, 0) is 12.4 Å². The maximum absolute atomic E-state index is 9.35. The molecule has 0 saturated heterocycles. The molecule has 18 heavy (non-hydrogen) atoms. The van der Waals surface area contributed by atoms with Gasteiger partial charge in [0.25, 0.3) is 0 Å². The van der Waals surface area contributed by atoms with E-state index in [9.17, 15) is 5.11 Å². The van der Waals surface area contributed by atoms with Gasteiger partial charge in [-0.25, -0.2) is 0 Å². The van der Waals surface area contributed by atoms with Gasteiger partial charge >= 0.3 is 0 Å². The third-order valence-electron chi connectivity index (χ3n) is 2.69. The Morgan fingerprint density at radius 1 is 1.11 bits per heavy atom. The van der Waals surface area contributed by atoms with Crippen molar-refractivity contribution in [3.8, 4) is 0 Å². The van der Waals surface area contributed by atoms with Gasteiger partial charge in [-0.05, 0) is 36.2 Å². The molecule has 0 saturated carbocycles. The molecule has 0 aliphatic heterocycles. The molecule has 0 aromatic heterocycles. The molecule has 0 aliphatic rings. The van der Waals surface area contributed by atoms with Gasteiger partial charge in [0.1, 0.15) is 0 Å². The van der Waals surface area contributed by atoms with Crippen molar-refractivity contribution >= 4 is 23.4 Å². The highest BCUT2D eigenvalue weighted by atomic mass is 35.5.